The maximum absolute atomic E-state index is 6.83. The van der Waals surface area contributed by atoms with Crippen LogP contribution in [0.1, 0.15) is 0 Å². The number of rotatable bonds is 1. The van der Waals surface area contributed by atoms with E-state index in [0.29, 0.717) is 5.75 Å². The van der Waals surface area contributed by atoms with Crippen molar-refractivity contribution in [2.45, 2.75) is 0 Å². The smallest absolute Gasteiger partial charge is 0.293 e. The molecule has 2 rings (SSSR count). The molecule has 0 bridgehead atoms. The first-order valence-corrected chi connectivity index (χ1v) is 3.53. The topological polar surface area (TPSA) is 20.2 Å². The Kier molecular flexibility index (Phi) is 1.07. The van der Waals surface area contributed by atoms with Crippen LogP contribution in [0, 0.1) is 0 Å². The van der Waals surface area contributed by atoms with Crippen LogP contribution in [0.15, 0.2) is 42.5 Å². The van der Waals surface area contributed by atoms with Gasteiger partial charge in [0.25, 0.3) is 1.43 Å². The van der Waals surface area contributed by atoms with Gasteiger partial charge in [-0.3, -0.25) is 0 Å². The Morgan fingerprint density at radius 2 is 1.82 bits per heavy atom. The van der Waals surface area contributed by atoms with E-state index >= 15 is 0 Å². The minimum absolute atomic E-state index is 0.605. The van der Waals surface area contributed by atoms with Crippen molar-refractivity contribution in [1.82, 2.24) is 0 Å². The van der Waals surface area contributed by atoms with E-state index in [1.165, 1.54) is 0 Å². The van der Waals surface area contributed by atoms with Gasteiger partial charge in [0.05, 0.1) is 0 Å². The maximum Gasteiger partial charge on any atom is 0.293 e. The van der Waals surface area contributed by atoms with Gasteiger partial charge in [-0.15, -0.1) is 0 Å². The summed E-state index contributed by atoms with van der Waals surface area (Å²) in [4.78, 5) is 0. The average Bonchev–Trinajstić information content (AvgIpc) is 2.17. The molecule has 2 aromatic rings. The highest BCUT2D eigenvalue weighted by molar-refractivity contribution is 5.87. The Balaban J connectivity index is 2.79. The third kappa shape index (κ3) is 0.944. The van der Waals surface area contributed by atoms with Gasteiger partial charge >= 0.3 is 0 Å². The van der Waals surface area contributed by atoms with Crippen LogP contribution in [0.2, 0.25) is 0 Å². The second-order valence-electron chi connectivity index (χ2n) is 2.48. The summed E-state index contributed by atoms with van der Waals surface area (Å²) in [6, 6.07) is 13.5. The number of aromatic hydroxyl groups is 1. The van der Waals surface area contributed by atoms with Gasteiger partial charge in [-0.05, 0) is 11.5 Å². The van der Waals surface area contributed by atoms with Crippen LogP contribution in [0.25, 0.3) is 10.8 Å². The molecule has 1 N–H and O–H groups in total. The van der Waals surface area contributed by atoms with E-state index in [0.717, 1.165) is 10.8 Å². The first kappa shape index (κ1) is 5.19. The zero-order valence-corrected chi connectivity index (χ0v) is 5.95. The van der Waals surface area contributed by atoms with Gasteiger partial charge in [0.1, 0.15) is 5.75 Å². The lowest BCUT2D eigenvalue weighted by molar-refractivity contribution is 0.481. The third-order valence-corrected chi connectivity index (χ3v) is 1.75. The Labute approximate surface area is 66.4 Å². The molecule has 0 aliphatic carbocycles. The second-order valence-corrected chi connectivity index (χ2v) is 2.48. The van der Waals surface area contributed by atoms with E-state index < -0.39 is 0 Å². The molecule has 0 saturated heterocycles. The largest absolute Gasteiger partial charge is 0.507 e. The van der Waals surface area contributed by atoms with Crippen molar-refractivity contribution >= 4 is 10.8 Å². The Bertz CT molecular complexity index is 392. The number of phenolic OH excluding ortho intramolecular Hbond substituents is 1. The van der Waals surface area contributed by atoms with Gasteiger partial charge in [0.2, 0.25) is 0 Å². The fourth-order valence-corrected chi connectivity index (χ4v) is 1.20. The number of phenols is 1. The summed E-state index contributed by atoms with van der Waals surface area (Å²) >= 11 is 0. The average molecular weight is 145 g/mol. The number of fused-ring (bicyclic) bond motifs is 1. The van der Waals surface area contributed by atoms with E-state index in [9.17, 15) is 0 Å². The van der Waals surface area contributed by atoms with Crippen molar-refractivity contribution in [3.8, 4) is 5.75 Å². The first-order chi connectivity index (χ1) is 5.92. The van der Waals surface area contributed by atoms with Crippen LogP contribution < -0.4 is 0 Å². The zero-order valence-electron chi connectivity index (χ0n) is 6.95. The van der Waals surface area contributed by atoms with Crippen LogP contribution in [0.5, 0.6) is 5.75 Å². The molecule has 0 aliphatic rings. The van der Waals surface area contributed by atoms with Gasteiger partial charge in [-0.1, -0.05) is 36.4 Å². The molecular formula is C10H8O. The van der Waals surface area contributed by atoms with Gasteiger partial charge in [0, 0.05) is 5.39 Å². The quantitative estimate of drug-likeness (QED) is 0.653. The van der Waals surface area contributed by atoms with Crippen molar-refractivity contribution in [3.63, 3.8) is 0 Å². The molecule has 0 amide bonds. The standard InChI is InChI=1S/C10H8O/c11-10-7-3-5-8-4-1-2-6-9(8)10/h1-7,11H/i/hD. The lowest BCUT2D eigenvalue weighted by Crippen LogP contribution is -1.70. The minimum atomic E-state index is 0.605. The van der Waals surface area contributed by atoms with E-state index in [1.54, 1.807) is 6.07 Å². The van der Waals surface area contributed by atoms with Crippen molar-refractivity contribution < 1.29 is 5.11 Å². The molecule has 0 spiro atoms. The molecule has 0 saturated carbocycles. The van der Waals surface area contributed by atoms with E-state index in [1.807, 2.05) is 36.4 Å². The highest BCUT2D eigenvalue weighted by Gasteiger charge is 1.94. The molecule has 0 atom stereocenters. The van der Waals surface area contributed by atoms with Crippen LogP contribution in [-0.2, 0) is 0 Å². The summed E-state index contributed by atoms with van der Waals surface area (Å²) in [5.74, 6) is 0.605. The van der Waals surface area contributed by atoms with E-state index in [4.69, 9.17) is 1.43 Å². The minimum Gasteiger partial charge on any atom is -0.507 e. The molecule has 1 nitrogen and oxygen atoms in total. The molecule has 0 aromatic heterocycles. The molecule has 0 unspecified atom stereocenters. The van der Waals surface area contributed by atoms with Crippen LogP contribution >= 0.6 is 0 Å². The van der Waals surface area contributed by atoms with Gasteiger partial charge < -0.3 is 5.11 Å². The highest BCUT2D eigenvalue weighted by Crippen LogP contribution is 2.22. The van der Waals surface area contributed by atoms with Gasteiger partial charge in [-0.2, -0.15) is 0 Å². The van der Waals surface area contributed by atoms with Crippen molar-refractivity contribution in [2.75, 3.05) is 0 Å². The molecular weight excluding hydrogens is 136 g/mol. The summed E-state index contributed by atoms with van der Waals surface area (Å²) in [5, 5.41) is 6.56. The molecule has 0 radical (unpaired) electrons. The maximum atomic E-state index is 6.83. The number of benzene rings is 2. The molecule has 0 fully saturated rings. The Hall–Kier alpha value is -1.50. The molecule has 54 valence electrons. The van der Waals surface area contributed by atoms with Gasteiger partial charge in [0.15, 0.2) is 0 Å². The summed E-state index contributed by atoms with van der Waals surface area (Å²) in [6.45, 7) is 0. The molecule has 0 heterocycles. The van der Waals surface area contributed by atoms with Gasteiger partial charge in [-0.25, -0.2) is 0 Å². The summed E-state index contributed by atoms with van der Waals surface area (Å²) in [6.07, 6.45) is 0. The number of hydrogen-bond donors (Lipinski definition) is 1. The normalized spacial score (nSPS) is 11.1. The SMILES string of the molecule is [2H]Oc1cccc2ccccc12. The lowest BCUT2D eigenvalue weighted by Gasteiger charge is -1.97. The monoisotopic (exact) mass is 145 g/mol. The highest BCUT2D eigenvalue weighted by atomic mass is 16.3. The van der Waals surface area contributed by atoms with Crippen molar-refractivity contribution in [2.24, 2.45) is 0 Å². The summed E-state index contributed by atoms with van der Waals surface area (Å²) in [7, 11) is 0. The predicted molar refractivity (Wildman–Crippen MR) is 45.6 cm³/mol. The Morgan fingerprint density at radius 1 is 1.00 bits per heavy atom. The predicted octanol–water partition coefficient (Wildman–Crippen LogP) is 2.55. The molecule has 11 heavy (non-hydrogen) atoms. The molecule has 0 aliphatic heterocycles. The second kappa shape index (κ2) is 2.27. The summed E-state index contributed by atoms with van der Waals surface area (Å²) in [5.41, 5.74) is 0. The van der Waals surface area contributed by atoms with E-state index in [-0.39, 0.29) is 0 Å². The van der Waals surface area contributed by atoms with Crippen molar-refractivity contribution in [1.29, 1.82) is 1.43 Å². The van der Waals surface area contributed by atoms with E-state index in [2.05, 4.69) is 5.11 Å². The first-order valence-electron chi connectivity index (χ1n) is 3.93. The van der Waals surface area contributed by atoms with Crippen molar-refractivity contribution in [3.05, 3.63) is 42.5 Å². The number of hydrogen-bond acceptors (Lipinski definition) is 1. The fraction of sp³-hybridized carbons (Fsp3) is 0. The Morgan fingerprint density at radius 3 is 2.73 bits per heavy atom. The molecule has 2 aromatic carbocycles. The summed E-state index contributed by atoms with van der Waals surface area (Å²) < 4.78 is 6.83. The lowest BCUT2D eigenvalue weighted by atomic mass is 10.1. The molecule has 1 heteroatoms. The van der Waals surface area contributed by atoms with Crippen LogP contribution in [0.3, 0.4) is 0 Å². The fourth-order valence-electron chi connectivity index (χ4n) is 1.20. The van der Waals surface area contributed by atoms with Crippen LogP contribution in [-0.4, -0.2) is 6.54 Å². The van der Waals surface area contributed by atoms with Crippen LogP contribution in [0.4, 0.5) is 0 Å². The zero-order chi connectivity index (χ0) is 8.39. The third-order valence-electron chi connectivity index (χ3n) is 1.75.